The van der Waals surface area contributed by atoms with Crippen molar-refractivity contribution in [2.24, 2.45) is 7.05 Å². The lowest BCUT2D eigenvalue weighted by molar-refractivity contribution is 0.415. The van der Waals surface area contributed by atoms with Gasteiger partial charge in [0.05, 0.1) is 11.6 Å². The maximum Gasteiger partial charge on any atom is 0.268 e. The Bertz CT molecular complexity index is 906. The lowest BCUT2D eigenvalue weighted by Gasteiger charge is -1.98. The summed E-state index contributed by atoms with van der Waals surface area (Å²) in [6.07, 6.45) is 1.72. The molecule has 0 bridgehead atoms. The number of hydrogen-bond donors (Lipinski definition) is 0. The van der Waals surface area contributed by atoms with E-state index in [2.05, 4.69) is 0 Å². The maximum absolute atomic E-state index is 12.1. The first-order chi connectivity index (χ1) is 10.1. The van der Waals surface area contributed by atoms with Gasteiger partial charge in [0.2, 0.25) is 0 Å². The first-order valence-electron chi connectivity index (χ1n) is 5.97. The van der Waals surface area contributed by atoms with E-state index in [0.29, 0.717) is 9.20 Å². The number of rotatable bonds is 2. The number of thiazole rings is 1. The van der Waals surface area contributed by atoms with Crippen molar-refractivity contribution in [2.75, 3.05) is 7.11 Å². The van der Waals surface area contributed by atoms with E-state index in [-0.39, 0.29) is 11.1 Å². The van der Waals surface area contributed by atoms with E-state index >= 15 is 0 Å². The van der Waals surface area contributed by atoms with Gasteiger partial charge in [-0.1, -0.05) is 12.1 Å². The zero-order valence-electron chi connectivity index (χ0n) is 11.5. The summed E-state index contributed by atoms with van der Waals surface area (Å²) in [6.45, 7) is 0. The van der Waals surface area contributed by atoms with Gasteiger partial charge in [-0.25, -0.2) is 0 Å². The lowest BCUT2D eigenvalue weighted by Crippen LogP contribution is -2.29. The van der Waals surface area contributed by atoms with Gasteiger partial charge in [-0.2, -0.15) is 10.5 Å². The predicted molar refractivity (Wildman–Crippen MR) is 80.0 cm³/mol. The molecule has 104 valence electrons. The Kier molecular flexibility index (Phi) is 4.22. The third-order valence-corrected chi connectivity index (χ3v) is 4.06. The Hall–Kier alpha value is -2.83. The van der Waals surface area contributed by atoms with Crippen LogP contribution in [0, 0.1) is 22.7 Å². The van der Waals surface area contributed by atoms with E-state index < -0.39 is 0 Å². The Morgan fingerprint density at radius 3 is 2.43 bits per heavy atom. The zero-order valence-corrected chi connectivity index (χ0v) is 12.3. The first kappa shape index (κ1) is 14.6. The summed E-state index contributed by atoms with van der Waals surface area (Å²) in [5, 5.41) is 17.8. The standard InChI is InChI=1S/C15H11N3O2S/c1-18-14(19)13(21-15(18)11(8-16)9-17)7-10-3-5-12(20-2)6-4-10/h3-7H,1-2H3/b13-7-. The van der Waals surface area contributed by atoms with E-state index in [9.17, 15) is 4.79 Å². The van der Waals surface area contributed by atoms with Crippen LogP contribution in [0.1, 0.15) is 5.56 Å². The molecule has 0 amide bonds. The molecular formula is C15H11N3O2S. The largest absolute Gasteiger partial charge is 0.497 e. The number of benzene rings is 1. The highest BCUT2D eigenvalue weighted by Gasteiger charge is 2.05. The molecule has 0 aliphatic carbocycles. The first-order valence-corrected chi connectivity index (χ1v) is 6.78. The fourth-order valence-corrected chi connectivity index (χ4v) is 2.80. The maximum atomic E-state index is 12.1. The summed E-state index contributed by atoms with van der Waals surface area (Å²) in [5.74, 6) is 0.733. The molecule has 0 spiro atoms. The molecule has 1 aromatic carbocycles. The molecule has 21 heavy (non-hydrogen) atoms. The van der Waals surface area contributed by atoms with Crippen LogP contribution < -0.4 is 19.5 Å². The Balaban J connectivity index is 2.66. The van der Waals surface area contributed by atoms with Crippen molar-refractivity contribution in [1.29, 1.82) is 10.5 Å². The summed E-state index contributed by atoms with van der Waals surface area (Å²) >= 11 is 1.13. The number of nitrogens with zero attached hydrogens (tertiary/aromatic N) is 3. The van der Waals surface area contributed by atoms with Gasteiger partial charge in [-0.3, -0.25) is 4.79 Å². The molecular weight excluding hydrogens is 286 g/mol. The topological polar surface area (TPSA) is 78.8 Å². The molecule has 0 aliphatic rings. The van der Waals surface area contributed by atoms with E-state index in [1.54, 1.807) is 44.5 Å². The molecule has 0 unspecified atom stereocenters. The minimum atomic E-state index is -0.228. The number of hydrogen-bond acceptors (Lipinski definition) is 5. The lowest BCUT2D eigenvalue weighted by atomic mass is 10.2. The van der Waals surface area contributed by atoms with Crippen LogP contribution >= 0.6 is 11.3 Å². The Morgan fingerprint density at radius 1 is 1.29 bits per heavy atom. The highest BCUT2D eigenvalue weighted by Crippen LogP contribution is 2.11. The second-order valence-corrected chi connectivity index (χ2v) is 5.18. The van der Waals surface area contributed by atoms with Crippen LogP contribution in [-0.2, 0) is 7.05 Å². The van der Waals surface area contributed by atoms with Crippen LogP contribution in [0.4, 0.5) is 0 Å². The van der Waals surface area contributed by atoms with Crippen LogP contribution in [0.2, 0.25) is 0 Å². The van der Waals surface area contributed by atoms with Gasteiger partial charge >= 0.3 is 0 Å². The molecule has 0 radical (unpaired) electrons. The molecule has 1 heterocycles. The van der Waals surface area contributed by atoms with Crippen LogP contribution in [0.3, 0.4) is 0 Å². The summed E-state index contributed by atoms with van der Waals surface area (Å²) in [4.78, 5) is 12.1. The van der Waals surface area contributed by atoms with Crippen molar-refractivity contribution < 1.29 is 4.74 Å². The van der Waals surface area contributed by atoms with Gasteiger partial charge in [0.25, 0.3) is 5.56 Å². The molecule has 0 atom stereocenters. The second kappa shape index (κ2) is 6.08. The van der Waals surface area contributed by atoms with Gasteiger partial charge in [0, 0.05) is 7.05 Å². The van der Waals surface area contributed by atoms with E-state index in [4.69, 9.17) is 15.3 Å². The smallest absolute Gasteiger partial charge is 0.268 e. The Labute approximate surface area is 124 Å². The predicted octanol–water partition coefficient (Wildman–Crippen LogP) is 0.482. The number of methoxy groups -OCH3 is 1. The number of nitriles is 2. The number of aromatic nitrogens is 1. The summed E-state index contributed by atoms with van der Waals surface area (Å²) in [5.41, 5.74) is 0.555. The summed E-state index contributed by atoms with van der Waals surface area (Å²) in [6, 6.07) is 10.9. The molecule has 0 saturated heterocycles. The van der Waals surface area contributed by atoms with Crippen molar-refractivity contribution in [1.82, 2.24) is 4.57 Å². The summed E-state index contributed by atoms with van der Waals surface area (Å²) < 4.78 is 7.23. The quantitative estimate of drug-likeness (QED) is 0.807. The van der Waals surface area contributed by atoms with Crippen LogP contribution in [0.25, 0.3) is 11.6 Å². The van der Waals surface area contributed by atoms with Gasteiger partial charge in [-0.15, -0.1) is 11.3 Å². The molecule has 5 nitrogen and oxygen atoms in total. The fraction of sp³-hybridized carbons (Fsp3) is 0.133. The highest BCUT2D eigenvalue weighted by atomic mass is 32.1. The normalized spacial score (nSPS) is 10.8. The molecule has 0 aliphatic heterocycles. The second-order valence-electron chi connectivity index (χ2n) is 4.15. The van der Waals surface area contributed by atoms with Crippen LogP contribution in [0.15, 0.2) is 29.1 Å². The van der Waals surface area contributed by atoms with Crippen molar-refractivity contribution >= 4 is 23.0 Å². The minimum Gasteiger partial charge on any atom is -0.497 e. The van der Waals surface area contributed by atoms with Crippen molar-refractivity contribution in [2.45, 2.75) is 0 Å². The molecule has 2 rings (SSSR count). The van der Waals surface area contributed by atoms with E-state index in [1.807, 2.05) is 12.1 Å². The van der Waals surface area contributed by atoms with E-state index in [0.717, 1.165) is 22.6 Å². The summed E-state index contributed by atoms with van der Waals surface area (Å²) in [7, 11) is 3.13. The van der Waals surface area contributed by atoms with Gasteiger partial charge in [0.15, 0.2) is 5.57 Å². The van der Waals surface area contributed by atoms with Crippen molar-refractivity contribution in [3.63, 3.8) is 0 Å². The zero-order chi connectivity index (χ0) is 15.4. The average molecular weight is 297 g/mol. The number of ether oxygens (including phenoxy) is 1. The molecule has 0 fully saturated rings. The molecule has 2 aromatic rings. The molecule has 6 heteroatoms. The molecule has 0 N–H and O–H groups in total. The molecule has 1 aromatic heterocycles. The Morgan fingerprint density at radius 2 is 1.90 bits per heavy atom. The van der Waals surface area contributed by atoms with E-state index in [1.165, 1.54) is 4.57 Å². The van der Waals surface area contributed by atoms with Gasteiger partial charge < -0.3 is 9.30 Å². The monoisotopic (exact) mass is 297 g/mol. The van der Waals surface area contributed by atoms with Crippen molar-refractivity contribution in [3.05, 3.63) is 49.4 Å². The SMILES string of the molecule is COc1ccc(/C=c2\sc(=C(C#N)C#N)n(C)c2=O)cc1. The fourth-order valence-electron chi connectivity index (χ4n) is 1.76. The minimum absolute atomic E-state index is 0.0611. The third-order valence-electron chi connectivity index (χ3n) is 2.88. The van der Waals surface area contributed by atoms with Gasteiger partial charge in [-0.05, 0) is 23.8 Å². The van der Waals surface area contributed by atoms with Crippen LogP contribution in [-0.4, -0.2) is 11.7 Å². The average Bonchev–Trinajstić information content (AvgIpc) is 2.78. The van der Waals surface area contributed by atoms with Crippen molar-refractivity contribution in [3.8, 4) is 17.9 Å². The highest BCUT2D eigenvalue weighted by molar-refractivity contribution is 7.07. The van der Waals surface area contributed by atoms with Gasteiger partial charge in [0.1, 0.15) is 22.6 Å². The molecule has 0 saturated carbocycles. The third kappa shape index (κ3) is 2.86. The van der Waals surface area contributed by atoms with Crippen LogP contribution in [0.5, 0.6) is 5.75 Å².